The SMILES string of the molecule is NCCCC[C@H](NC(=O)[C@H](Cc1cnc[nH]1)NCC1CO1)C(=O)O. The van der Waals surface area contributed by atoms with Gasteiger partial charge >= 0.3 is 5.97 Å². The molecule has 1 aromatic rings. The lowest BCUT2D eigenvalue weighted by atomic mass is 10.1. The Morgan fingerprint density at radius 3 is 2.83 bits per heavy atom. The molecule has 134 valence electrons. The summed E-state index contributed by atoms with van der Waals surface area (Å²) in [6.45, 7) is 1.74. The first-order valence-electron chi connectivity index (χ1n) is 8.15. The monoisotopic (exact) mass is 339 g/mol. The number of carbonyl (C=O) groups excluding carboxylic acids is 1. The van der Waals surface area contributed by atoms with Gasteiger partial charge in [-0.05, 0) is 25.8 Å². The third kappa shape index (κ3) is 6.26. The normalized spacial score (nSPS) is 18.8. The van der Waals surface area contributed by atoms with Crippen molar-refractivity contribution in [2.75, 3.05) is 19.7 Å². The molecule has 0 spiro atoms. The number of aliphatic carboxylic acids is 1. The van der Waals surface area contributed by atoms with Crippen LogP contribution < -0.4 is 16.4 Å². The highest BCUT2D eigenvalue weighted by Gasteiger charge is 2.28. The highest BCUT2D eigenvalue weighted by molar-refractivity contribution is 5.87. The van der Waals surface area contributed by atoms with Crippen LogP contribution in [-0.2, 0) is 20.7 Å². The molecule has 0 aromatic carbocycles. The number of imidazole rings is 1. The molecule has 2 rings (SSSR count). The van der Waals surface area contributed by atoms with Crippen molar-refractivity contribution < 1.29 is 19.4 Å². The quantitative estimate of drug-likeness (QED) is 0.243. The van der Waals surface area contributed by atoms with E-state index in [9.17, 15) is 14.7 Å². The van der Waals surface area contributed by atoms with Gasteiger partial charge in [0.2, 0.25) is 5.91 Å². The molecule has 1 aliphatic heterocycles. The van der Waals surface area contributed by atoms with E-state index in [4.69, 9.17) is 10.5 Å². The van der Waals surface area contributed by atoms with E-state index in [2.05, 4.69) is 20.6 Å². The van der Waals surface area contributed by atoms with Gasteiger partial charge in [0.25, 0.3) is 0 Å². The third-order valence-corrected chi connectivity index (χ3v) is 3.85. The summed E-state index contributed by atoms with van der Waals surface area (Å²) in [5.74, 6) is -1.38. The van der Waals surface area contributed by atoms with Gasteiger partial charge in [-0.15, -0.1) is 0 Å². The molecule has 0 saturated carbocycles. The summed E-state index contributed by atoms with van der Waals surface area (Å²) < 4.78 is 5.14. The standard InChI is InChI=1S/C15H25N5O4/c16-4-2-1-3-12(15(22)23)20-14(21)13(18-7-11-8-24-11)5-10-6-17-9-19-10/h6,9,11-13,18H,1-5,7-8,16H2,(H,17,19)(H,20,21)(H,22,23)/t11?,12-,13-/m0/s1. The Bertz CT molecular complexity index is 518. The van der Waals surface area contributed by atoms with Crippen molar-refractivity contribution in [2.45, 2.75) is 43.9 Å². The molecule has 0 aliphatic carbocycles. The Labute approximate surface area is 140 Å². The Hall–Kier alpha value is -1.97. The Morgan fingerprint density at radius 1 is 1.46 bits per heavy atom. The van der Waals surface area contributed by atoms with Gasteiger partial charge in [-0.3, -0.25) is 4.79 Å². The summed E-state index contributed by atoms with van der Waals surface area (Å²) in [7, 11) is 0. The molecule has 1 aromatic heterocycles. The number of nitrogens with two attached hydrogens (primary N) is 1. The predicted octanol–water partition coefficient (Wildman–Crippen LogP) is -0.992. The Balaban J connectivity index is 1.91. The van der Waals surface area contributed by atoms with E-state index in [1.807, 2.05) is 0 Å². The molecule has 0 radical (unpaired) electrons. The van der Waals surface area contributed by atoms with Crippen molar-refractivity contribution in [2.24, 2.45) is 5.73 Å². The topological polar surface area (TPSA) is 146 Å². The zero-order valence-electron chi connectivity index (χ0n) is 13.5. The lowest BCUT2D eigenvalue weighted by molar-refractivity contribution is -0.142. The average molecular weight is 339 g/mol. The van der Waals surface area contributed by atoms with Crippen LogP contribution in [0.25, 0.3) is 0 Å². The molecule has 1 amide bonds. The number of nitrogens with zero attached hydrogens (tertiary/aromatic N) is 1. The third-order valence-electron chi connectivity index (χ3n) is 3.85. The van der Waals surface area contributed by atoms with Crippen LogP contribution >= 0.6 is 0 Å². The molecule has 1 fully saturated rings. The second-order valence-electron chi connectivity index (χ2n) is 5.88. The summed E-state index contributed by atoms with van der Waals surface area (Å²) >= 11 is 0. The maximum atomic E-state index is 12.5. The minimum absolute atomic E-state index is 0.127. The van der Waals surface area contributed by atoms with E-state index in [0.29, 0.717) is 39.0 Å². The molecular formula is C15H25N5O4. The van der Waals surface area contributed by atoms with Gasteiger partial charge in [-0.25, -0.2) is 9.78 Å². The van der Waals surface area contributed by atoms with Crippen molar-refractivity contribution in [3.8, 4) is 0 Å². The van der Waals surface area contributed by atoms with Crippen LogP contribution in [-0.4, -0.2) is 64.8 Å². The fourth-order valence-corrected chi connectivity index (χ4v) is 2.36. The highest BCUT2D eigenvalue weighted by Crippen LogP contribution is 2.08. The number of amides is 1. The predicted molar refractivity (Wildman–Crippen MR) is 86.3 cm³/mol. The van der Waals surface area contributed by atoms with E-state index in [1.165, 1.54) is 0 Å². The van der Waals surface area contributed by atoms with Gasteiger partial charge in [0.1, 0.15) is 6.04 Å². The molecule has 1 saturated heterocycles. The van der Waals surface area contributed by atoms with E-state index in [0.717, 1.165) is 12.1 Å². The molecule has 24 heavy (non-hydrogen) atoms. The summed E-state index contributed by atoms with van der Waals surface area (Å²) in [4.78, 5) is 30.7. The lowest BCUT2D eigenvalue weighted by Crippen LogP contribution is -2.51. The Kier molecular flexibility index (Phi) is 7.16. The van der Waals surface area contributed by atoms with Gasteiger partial charge in [0.15, 0.2) is 0 Å². The number of carboxylic acids is 1. The van der Waals surface area contributed by atoms with Crippen molar-refractivity contribution in [1.82, 2.24) is 20.6 Å². The molecule has 9 nitrogen and oxygen atoms in total. The summed E-state index contributed by atoms with van der Waals surface area (Å²) in [6, 6.07) is -1.46. The molecule has 6 N–H and O–H groups in total. The second-order valence-corrected chi connectivity index (χ2v) is 5.88. The van der Waals surface area contributed by atoms with E-state index in [1.54, 1.807) is 12.5 Å². The van der Waals surface area contributed by atoms with Crippen LogP contribution in [0.3, 0.4) is 0 Å². The highest BCUT2D eigenvalue weighted by atomic mass is 16.6. The summed E-state index contributed by atoms with van der Waals surface area (Å²) in [6.07, 6.45) is 5.46. The maximum absolute atomic E-state index is 12.5. The first-order valence-corrected chi connectivity index (χ1v) is 8.15. The number of H-pyrrole nitrogens is 1. The Morgan fingerprint density at radius 2 is 2.25 bits per heavy atom. The summed E-state index contributed by atoms with van der Waals surface area (Å²) in [5, 5.41) is 15.0. The average Bonchev–Trinajstić information content (AvgIpc) is 3.24. The minimum atomic E-state index is -1.04. The van der Waals surface area contributed by atoms with Crippen LogP contribution in [0.15, 0.2) is 12.5 Å². The van der Waals surface area contributed by atoms with Crippen LogP contribution in [0.5, 0.6) is 0 Å². The molecular weight excluding hydrogens is 314 g/mol. The van der Waals surface area contributed by atoms with Crippen LogP contribution in [0, 0.1) is 0 Å². The molecule has 9 heteroatoms. The number of rotatable bonds is 12. The number of hydrogen-bond donors (Lipinski definition) is 5. The smallest absolute Gasteiger partial charge is 0.326 e. The lowest BCUT2D eigenvalue weighted by Gasteiger charge is -2.21. The van der Waals surface area contributed by atoms with Gasteiger partial charge < -0.3 is 31.2 Å². The van der Waals surface area contributed by atoms with Crippen molar-refractivity contribution in [3.05, 3.63) is 18.2 Å². The van der Waals surface area contributed by atoms with Gasteiger partial charge in [0.05, 0.1) is 25.1 Å². The largest absolute Gasteiger partial charge is 0.480 e. The number of ether oxygens (including phenoxy) is 1. The number of unbranched alkanes of at least 4 members (excludes halogenated alkanes) is 1. The first-order chi connectivity index (χ1) is 11.6. The van der Waals surface area contributed by atoms with E-state index in [-0.39, 0.29) is 12.0 Å². The van der Waals surface area contributed by atoms with Crippen LogP contribution in [0.4, 0.5) is 0 Å². The number of aromatic nitrogens is 2. The molecule has 3 atom stereocenters. The van der Waals surface area contributed by atoms with Crippen LogP contribution in [0.1, 0.15) is 25.0 Å². The number of epoxide rings is 1. The van der Waals surface area contributed by atoms with Crippen molar-refractivity contribution in [3.63, 3.8) is 0 Å². The zero-order chi connectivity index (χ0) is 17.4. The molecule has 2 heterocycles. The fourth-order valence-electron chi connectivity index (χ4n) is 2.36. The van der Waals surface area contributed by atoms with Crippen LogP contribution in [0.2, 0.25) is 0 Å². The van der Waals surface area contributed by atoms with Crippen molar-refractivity contribution in [1.29, 1.82) is 0 Å². The van der Waals surface area contributed by atoms with Gasteiger partial charge in [0, 0.05) is 24.9 Å². The maximum Gasteiger partial charge on any atom is 0.326 e. The molecule has 1 unspecified atom stereocenters. The summed E-state index contributed by atoms with van der Waals surface area (Å²) in [5.41, 5.74) is 6.22. The number of carbonyl (C=O) groups is 2. The molecule has 0 bridgehead atoms. The minimum Gasteiger partial charge on any atom is -0.480 e. The van der Waals surface area contributed by atoms with E-state index >= 15 is 0 Å². The van der Waals surface area contributed by atoms with E-state index < -0.39 is 18.1 Å². The number of aromatic amines is 1. The second kappa shape index (κ2) is 9.36. The first kappa shape index (κ1) is 18.4. The van der Waals surface area contributed by atoms with Gasteiger partial charge in [-0.2, -0.15) is 0 Å². The fraction of sp³-hybridized carbons (Fsp3) is 0.667. The number of nitrogens with one attached hydrogen (secondary N) is 3. The van der Waals surface area contributed by atoms with Crippen molar-refractivity contribution >= 4 is 11.9 Å². The number of hydrogen-bond acceptors (Lipinski definition) is 6. The van der Waals surface area contributed by atoms with Gasteiger partial charge in [-0.1, -0.05) is 0 Å². The number of carboxylic acid groups (broad SMARTS) is 1. The molecule has 1 aliphatic rings. The zero-order valence-corrected chi connectivity index (χ0v) is 13.5.